The molecule has 1 fully saturated rings. The fourth-order valence-corrected chi connectivity index (χ4v) is 6.75. The molecular weight excluding hydrogens is 520 g/mol. The maximum atomic E-state index is 13.8. The maximum Gasteiger partial charge on any atom is 0.243 e. The standard InChI is InChI=1S/C32H42N4O3S/c1-23(2)28-7-5-25(6-8-28)22-35-32(37)31-19-27(21-34-20-26-13-16-33-17-14-26)15-18-36(31)40(38,39)30-11-9-29(10-12-30)24(3)4/h5-14,16-17,23-24,27,31,34H,15,18-22H2,1-4H3,(H,35,37)/t27-,31-/m1/s1. The van der Waals surface area contributed by atoms with Crippen molar-refractivity contribution >= 4 is 15.9 Å². The smallest absolute Gasteiger partial charge is 0.243 e. The Morgan fingerprint density at radius 3 is 2.05 bits per heavy atom. The summed E-state index contributed by atoms with van der Waals surface area (Å²) in [7, 11) is -3.84. The number of sulfonamides is 1. The van der Waals surface area contributed by atoms with Crippen LogP contribution in [0.3, 0.4) is 0 Å². The fraction of sp³-hybridized carbons (Fsp3) is 0.438. The van der Waals surface area contributed by atoms with Crippen LogP contribution >= 0.6 is 0 Å². The number of hydrogen-bond donors (Lipinski definition) is 2. The van der Waals surface area contributed by atoms with Crippen molar-refractivity contribution in [1.29, 1.82) is 0 Å². The number of hydrogen-bond acceptors (Lipinski definition) is 5. The Labute approximate surface area is 239 Å². The Hall–Kier alpha value is -3.07. The van der Waals surface area contributed by atoms with Gasteiger partial charge in [-0.2, -0.15) is 4.31 Å². The Balaban J connectivity index is 1.48. The van der Waals surface area contributed by atoms with E-state index in [9.17, 15) is 13.2 Å². The average Bonchev–Trinajstić information content (AvgIpc) is 2.96. The molecule has 1 saturated heterocycles. The van der Waals surface area contributed by atoms with Gasteiger partial charge in [-0.25, -0.2) is 8.42 Å². The quantitative estimate of drug-likeness (QED) is 0.335. The molecule has 8 heteroatoms. The lowest BCUT2D eigenvalue weighted by molar-refractivity contribution is -0.126. The van der Waals surface area contributed by atoms with Gasteiger partial charge >= 0.3 is 0 Å². The molecule has 0 spiro atoms. The molecule has 2 aromatic carbocycles. The Morgan fingerprint density at radius 1 is 0.875 bits per heavy atom. The van der Waals surface area contributed by atoms with E-state index in [1.807, 2.05) is 36.4 Å². The van der Waals surface area contributed by atoms with Gasteiger partial charge in [-0.1, -0.05) is 64.1 Å². The lowest BCUT2D eigenvalue weighted by Gasteiger charge is -2.37. The second kappa shape index (κ2) is 13.5. The van der Waals surface area contributed by atoms with Crippen LogP contribution in [-0.4, -0.2) is 42.7 Å². The number of nitrogens with one attached hydrogen (secondary N) is 2. The molecule has 2 heterocycles. The lowest BCUT2D eigenvalue weighted by Crippen LogP contribution is -2.54. The van der Waals surface area contributed by atoms with Gasteiger partial charge in [0.2, 0.25) is 15.9 Å². The molecule has 0 bridgehead atoms. The van der Waals surface area contributed by atoms with Crippen LogP contribution in [0.5, 0.6) is 0 Å². The van der Waals surface area contributed by atoms with Gasteiger partial charge in [0.05, 0.1) is 4.90 Å². The van der Waals surface area contributed by atoms with Crippen molar-refractivity contribution in [1.82, 2.24) is 19.9 Å². The highest BCUT2D eigenvalue weighted by molar-refractivity contribution is 7.89. The van der Waals surface area contributed by atoms with Crippen LogP contribution in [0.4, 0.5) is 0 Å². The van der Waals surface area contributed by atoms with Crippen molar-refractivity contribution in [2.45, 2.75) is 76.4 Å². The number of amides is 1. The van der Waals surface area contributed by atoms with E-state index in [2.05, 4.69) is 55.4 Å². The van der Waals surface area contributed by atoms with Gasteiger partial charge in [0.1, 0.15) is 6.04 Å². The summed E-state index contributed by atoms with van der Waals surface area (Å²) in [6, 6.07) is 18.4. The first-order valence-corrected chi connectivity index (χ1v) is 15.7. The number of benzene rings is 2. The topological polar surface area (TPSA) is 91.4 Å². The summed E-state index contributed by atoms with van der Waals surface area (Å²) in [5.41, 5.74) is 4.45. The van der Waals surface area contributed by atoms with Crippen molar-refractivity contribution < 1.29 is 13.2 Å². The van der Waals surface area contributed by atoms with Crippen molar-refractivity contribution in [3.63, 3.8) is 0 Å². The normalized spacial score (nSPS) is 18.2. The van der Waals surface area contributed by atoms with Gasteiger partial charge in [0.15, 0.2) is 0 Å². The zero-order valence-corrected chi connectivity index (χ0v) is 24.8. The van der Waals surface area contributed by atoms with Crippen LogP contribution in [0.1, 0.15) is 74.6 Å². The summed E-state index contributed by atoms with van der Waals surface area (Å²) >= 11 is 0. The lowest BCUT2D eigenvalue weighted by atomic mass is 9.91. The van der Waals surface area contributed by atoms with E-state index in [4.69, 9.17) is 0 Å². The number of piperidine rings is 1. The van der Waals surface area contributed by atoms with Crippen LogP contribution in [-0.2, 0) is 27.9 Å². The van der Waals surface area contributed by atoms with Crippen molar-refractivity contribution in [3.05, 3.63) is 95.3 Å². The molecule has 0 unspecified atom stereocenters. The molecule has 1 aliphatic rings. The van der Waals surface area contributed by atoms with E-state index >= 15 is 0 Å². The monoisotopic (exact) mass is 562 g/mol. The molecule has 1 amide bonds. The number of pyridine rings is 1. The van der Waals surface area contributed by atoms with Crippen molar-refractivity contribution in [2.75, 3.05) is 13.1 Å². The van der Waals surface area contributed by atoms with E-state index in [-0.39, 0.29) is 16.7 Å². The van der Waals surface area contributed by atoms with Gasteiger partial charge in [0, 0.05) is 32.0 Å². The molecule has 2 atom stereocenters. The number of carbonyl (C=O) groups is 1. The zero-order valence-electron chi connectivity index (χ0n) is 24.0. The molecule has 1 aromatic heterocycles. The Kier molecular flexibility index (Phi) is 10.1. The van der Waals surface area contributed by atoms with Crippen molar-refractivity contribution in [2.24, 2.45) is 5.92 Å². The molecule has 0 radical (unpaired) electrons. The largest absolute Gasteiger partial charge is 0.351 e. The first-order valence-electron chi connectivity index (χ1n) is 14.2. The minimum atomic E-state index is -3.84. The van der Waals surface area contributed by atoms with Crippen LogP contribution in [0, 0.1) is 5.92 Å². The number of nitrogens with zero attached hydrogens (tertiary/aromatic N) is 2. The van der Waals surface area contributed by atoms with Gasteiger partial charge in [-0.05, 0) is 83.7 Å². The second-order valence-corrected chi connectivity index (χ2v) is 13.2. The van der Waals surface area contributed by atoms with Gasteiger partial charge in [-0.15, -0.1) is 0 Å². The number of aromatic nitrogens is 1. The summed E-state index contributed by atoms with van der Waals surface area (Å²) in [5, 5.41) is 6.50. The van der Waals surface area contributed by atoms with E-state index in [0.29, 0.717) is 50.9 Å². The highest BCUT2D eigenvalue weighted by Gasteiger charge is 2.40. The Bertz CT molecular complexity index is 1340. The van der Waals surface area contributed by atoms with Gasteiger partial charge in [0.25, 0.3) is 0 Å². The minimum Gasteiger partial charge on any atom is -0.351 e. The molecule has 3 aromatic rings. The number of carbonyl (C=O) groups excluding carboxylic acids is 1. The third kappa shape index (κ3) is 7.56. The van der Waals surface area contributed by atoms with Crippen LogP contribution in [0.2, 0.25) is 0 Å². The second-order valence-electron chi connectivity index (χ2n) is 11.3. The molecule has 40 heavy (non-hydrogen) atoms. The molecule has 7 nitrogen and oxygen atoms in total. The first kappa shape index (κ1) is 29.9. The molecule has 4 rings (SSSR count). The fourth-order valence-electron chi connectivity index (χ4n) is 5.14. The van der Waals surface area contributed by atoms with Crippen molar-refractivity contribution in [3.8, 4) is 0 Å². The summed E-state index contributed by atoms with van der Waals surface area (Å²) in [5.74, 6) is 0.662. The summed E-state index contributed by atoms with van der Waals surface area (Å²) in [6.07, 6.45) is 4.69. The van der Waals surface area contributed by atoms with E-state index in [0.717, 1.165) is 16.7 Å². The summed E-state index contributed by atoms with van der Waals surface area (Å²) in [6.45, 7) is 10.5. The van der Waals surface area contributed by atoms with Gasteiger partial charge in [-0.3, -0.25) is 9.78 Å². The molecule has 0 aliphatic carbocycles. The molecular formula is C32H42N4O3S. The molecule has 0 saturated carbocycles. The third-order valence-electron chi connectivity index (χ3n) is 7.74. The van der Waals surface area contributed by atoms with E-state index in [1.165, 1.54) is 9.87 Å². The molecule has 214 valence electrons. The predicted molar refractivity (Wildman–Crippen MR) is 159 cm³/mol. The highest BCUT2D eigenvalue weighted by Crippen LogP contribution is 2.30. The third-order valence-corrected chi connectivity index (χ3v) is 9.66. The minimum absolute atomic E-state index is 0.178. The summed E-state index contributed by atoms with van der Waals surface area (Å²) in [4.78, 5) is 17.9. The number of rotatable bonds is 11. The molecule has 2 N–H and O–H groups in total. The highest BCUT2D eigenvalue weighted by atomic mass is 32.2. The van der Waals surface area contributed by atoms with Crippen LogP contribution in [0.15, 0.2) is 78.0 Å². The van der Waals surface area contributed by atoms with E-state index in [1.54, 1.807) is 24.5 Å². The first-order chi connectivity index (χ1) is 19.1. The zero-order chi connectivity index (χ0) is 28.7. The van der Waals surface area contributed by atoms with Gasteiger partial charge < -0.3 is 10.6 Å². The van der Waals surface area contributed by atoms with E-state index < -0.39 is 16.1 Å². The predicted octanol–water partition coefficient (Wildman–Crippen LogP) is 5.20. The molecule has 1 aliphatic heterocycles. The average molecular weight is 563 g/mol. The van der Waals surface area contributed by atoms with Crippen LogP contribution < -0.4 is 10.6 Å². The summed E-state index contributed by atoms with van der Waals surface area (Å²) < 4.78 is 29.0. The van der Waals surface area contributed by atoms with Crippen LogP contribution in [0.25, 0.3) is 0 Å². The Morgan fingerprint density at radius 2 is 1.45 bits per heavy atom. The SMILES string of the molecule is CC(C)c1ccc(CNC(=O)[C@H]2C[C@H](CNCc3ccncc3)CCN2S(=O)(=O)c2ccc(C(C)C)cc2)cc1. The maximum absolute atomic E-state index is 13.8.